The van der Waals surface area contributed by atoms with E-state index in [0.29, 0.717) is 16.9 Å². The molecule has 434 valence electrons. The Balaban J connectivity index is 1.08. The number of hydrogen-bond acceptors (Lipinski definition) is 18. The number of nitrogens with zero attached hydrogens (tertiary/aromatic N) is 3. The minimum Gasteiger partial charge on any atom is -0.478 e. The lowest BCUT2D eigenvalue weighted by atomic mass is 9.44. The second-order valence-electron chi connectivity index (χ2n) is 22.2. The molecule has 0 radical (unpaired) electrons. The number of rotatable bonds is 15. The number of amides is 1. The van der Waals surface area contributed by atoms with Crippen molar-refractivity contribution < 1.29 is 82.1 Å². The van der Waals surface area contributed by atoms with E-state index in [0.717, 1.165) is 13.8 Å². The van der Waals surface area contributed by atoms with E-state index in [2.05, 4.69) is 15.6 Å². The van der Waals surface area contributed by atoms with E-state index in [1.54, 1.807) is 97.2 Å². The Kier molecular flexibility index (Phi) is 15.6. The van der Waals surface area contributed by atoms with Gasteiger partial charge in [0.05, 0.1) is 52.6 Å². The van der Waals surface area contributed by atoms with E-state index in [9.17, 15) is 44.1 Å². The number of carbonyl (C=O) groups excluding carboxylic acids is 7. The molecule has 4 aliphatic rings. The predicted octanol–water partition coefficient (Wildman–Crippen LogP) is 6.55. The van der Waals surface area contributed by atoms with Crippen molar-refractivity contribution in [1.82, 2.24) is 20.3 Å². The average Bonchev–Trinajstić information content (AvgIpc) is 0.732. The molecule has 4 N–H and O–H groups in total. The fraction of sp³-hybridized carbons (Fsp3) is 0.333. The normalized spacial score (nSPS) is 26.4. The van der Waals surface area contributed by atoms with Gasteiger partial charge in [0.25, 0.3) is 5.91 Å². The molecule has 10 rings (SSSR count). The maximum Gasteiger partial charge on any atom is 0.350 e. The molecule has 21 nitrogen and oxygen atoms in total. The highest BCUT2D eigenvalue weighted by molar-refractivity contribution is 5.97. The number of fused-ring (bicyclic) bond motifs is 5. The molecule has 1 aliphatic heterocycles. The molecule has 84 heavy (non-hydrogen) atoms. The average molecular weight is 1150 g/mol. The first kappa shape index (κ1) is 58.0. The van der Waals surface area contributed by atoms with E-state index in [1.165, 1.54) is 80.9 Å². The number of benzene rings is 5. The van der Waals surface area contributed by atoms with Gasteiger partial charge in [-0.05, 0) is 91.2 Å². The predicted molar refractivity (Wildman–Crippen MR) is 295 cm³/mol. The van der Waals surface area contributed by atoms with E-state index < -0.39 is 125 Å². The van der Waals surface area contributed by atoms with Gasteiger partial charge in [-0.15, -0.1) is 5.10 Å². The number of ether oxygens (including phenoxy) is 6. The van der Waals surface area contributed by atoms with Gasteiger partial charge in [0.1, 0.15) is 35.6 Å². The van der Waals surface area contributed by atoms with Crippen molar-refractivity contribution in [2.24, 2.45) is 16.7 Å². The summed E-state index contributed by atoms with van der Waals surface area (Å²) >= 11 is 0. The van der Waals surface area contributed by atoms with Gasteiger partial charge in [0.2, 0.25) is 6.10 Å². The second kappa shape index (κ2) is 22.5. The van der Waals surface area contributed by atoms with Gasteiger partial charge in [-0.25, -0.2) is 23.9 Å². The van der Waals surface area contributed by atoms with Crippen molar-refractivity contribution in [2.45, 2.75) is 108 Å². The number of aliphatic hydroxyl groups is 2. The number of hydrogen-bond donors (Lipinski definition) is 4. The van der Waals surface area contributed by atoms with E-state index in [4.69, 9.17) is 28.4 Å². The van der Waals surface area contributed by atoms with Crippen molar-refractivity contribution >= 4 is 47.5 Å². The zero-order chi connectivity index (χ0) is 60.0. The zero-order valence-corrected chi connectivity index (χ0v) is 46.5. The molecule has 21 heteroatoms. The van der Waals surface area contributed by atoms with Crippen molar-refractivity contribution in [2.75, 3.05) is 6.61 Å². The maximum absolute atomic E-state index is 15.9. The Bertz CT molecular complexity index is 3590. The molecule has 3 fully saturated rings. The Morgan fingerprint density at radius 2 is 1.33 bits per heavy atom. The first-order valence-electron chi connectivity index (χ1n) is 27.1. The molecule has 11 atom stereocenters. The summed E-state index contributed by atoms with van der Waals surface area (Å²) in [5, 5.41) is 47.0. The minimum atomic E-state index is -2.52. The third kappa shape index (κ3) is 10.3. The topological polar surface area (TPSA) is 295 Å². The van der Waals surface area contributed by atoms with Crippen LogP contribution in [0.5, 0.6) is 0 Å². The number of carboxylic acid groups (broad SMARTS) is 1. The summed E-state index contributed by atoms with van der Waals surface area (Å²) in [4.78, 5) is 113. The van der Waals surface area contributed by atoms with Crippen LogP contribution in [0.25, 0.3) is 16.9 Å². The molecule has 3 aliphatic carbocycles. The van der Waals surface area contributed by atoms with Gasteiger partial charge in [-0.1, -0.05) is 97.9 Å². The number of nitrogens with one attached hydrogen (secondary N) is 1. The number of aromatic nitrogens is 3. The third-order valence-corrected chi connectivity index (χ3v) is 17.0. The molecular formula is C63H60N4O17. The van der Waals surface area contributed by atoms with Crippen LogP contribution in [-0.4, -0.2) is 132 Å². The van der Waals surface area contributed by atoms with Crippen LogP contribution in [0, 0.1) is 16.7 Å². The van der Waals surface area contributed by atoms with Crippen molar-refractivity contribution in [3.8, 4) is 16.9 Å². The fourth-order valence-corrected chi connectivity index (χ4v) is 12.5. The molecule has 2 heterocycles. The number of carboxylic acids is 1. The molecule has 1 saturated heterocycles. The van der Waals surface area contributed by atoms with Crippen LogP contribution in [0.4, 0.5) is 0 Å². The summed E-state index contributed by atoms with van der Waals surface area (Å²) in [6.45, 7) is 7.79. The minimum absolute atomic E-state index is 0.0236. The first-order chi connectivity index (χ1) is 40.0. The molecular weight excluding hydrogens is 1080 g/mol. The van der Waals surface area contributed by atoms with Gasteiger partial charge >= 0.3 is 35.8 Å². The monoisotopic (exact) mass is 1140 g/mol. The Morgan fingerprint density at radius 1 is 0.738 bits per heavy atom. The van der Waals surface area contributed by atoms with Gasteiger partial charge in [-0.3, -0.25) is 19.2 Å². The standard InChI is InChI=1S/C63H60N4O17/c1-34-45(31-63(78)54(83-58(76)41-20-14-9-15-21-41)52-61(6,46(70)30-47-62(52,33-79-47)84-36(3)69)53(71)50(80-35(2)68)48(34)60(63,4)5)81-59(77)51(49(38-16-10-7-11-17-38)64-55(72)39-18-12-8-13-19-39)82-57(75)42-24-22-37(23-25-42)44-32-67(66-65-44)43-28-26-40(27-29-43)56(73)74/h7-29,32,45-47,49-52,54,70,78H,30-31,33H2,1-6H3,(H,64,72)(H,73,74)/t45-,46-,47+,49-,50+,51+,52-,54-,61+,62-,63+/m0/s1. The van der Waals surface area contributed by atoms with Crippen LogP contribution < -0.4 is 5.32 Å². The highest BCUT2D eigenvalue weighted by Gasteiger charge is 2.78. The number of aliphatic hydroxyl groups excluding tert-OH is 1. The van der Waals surface area contributed by atoms with E-state index >= 15 is 9.59 Å². The van der Waals surface area contributed by atoms with Gasteiger partial charge < -0.3 is 49.1 Å². The van der Waals surface area contributed by atoms with Crippen LogP contribution in [-0.2, 0) is 47.6 Å². The first-order valence-corrected chi connectivity index (χ1v) is 27.1. The second-order valence-corrected chi connectivity index (χ2v) is 22.2. The lowest BCUT2D eigenvalue weighted by Gasteiger charge is -2.67. The van der Waals surface area contributed by atoms with Gasteiger partial charge in [-0.2, -0.15) is 0 Å². The lowest BCUT2D eigenvalue weighted by molar-refractivity contribution is -0.346. The summed E-state index contributed by atoms with van der Waals surface area (Å²) in [7, 11) is 0. The zero-order valence-electron chi connectivity index (χ0n) is 46.5. The van der Waals surface area contributed by atoms with Crippen molar-refractivity contribution in [3.05, 3.63) is 185 Å². The van der Waals surface area contributed by atoms with E-state index in [1.807, 2.05) is 0 Å². The quantitative estimate of drug-likeness (QED) is 0.0482. The lowest BCUT2D eigenvalue weighted by Crippen LogP contribution is -2.82. The number of carbonyl (C=O) groups is 8. The molecule has 0 unspecified atom stereocenters. The van der Waals surface area contributed by atoms with Crippen LogP contribution in [0.3, 0.4) is 0 Å². The number of esters is 5. The number of ketones is 1. The maximum atomic E-state index is 15.9. The molecule has 5 aromatic carbocycles. The number of Topliss-reactive ketones (excluding diaryl/α,β-unsaturated/α-hetero) is 1. The van der Waals surface area contributed by atoms with Crippen LogP contribution in [0.1, 0.15) is 107 Å². The fourth-order valence-electron chi connectivity index (χ4n) is 12.5. The van der Waals surface area contributed by atoms with Crippen molar-refractivity contribution in [1.29, 1.82) is 0 Å². The molecule has 2 saturated carbocycles. The molecule has 2 bridgehead atoms. The Hall–Kier alpha value is -9.18. The molecule has 1 amide bonds. The molecule has 1 aromatic heterocycles. The summed E-state index contributed by atoms with van der Waals surface area (Å²) in [6, 6.07) is 34.4. The smallest absolute Gasteiger partial charge is 0.350 e. The molecule has 0 spiro atoms. The highest BCUT2D eigenvalue weighted by atomic mass is 16.6. The SMILES string of the molecule is CC(=O)O[C@H]1C(=O)[C@@]2(C)[C@H]([C@H](OC(=O)c3ccccc3)[C@]3(O)C[C@H](OC(=O)[C@H](OC(=O)c4ccc(-c5cn(-c6ccc(C(=O)O)cc6)nn5)cc4)[C@@H](NC(=O)c4ccccc4)c4ccccc4)C(C)=C1C3(C)C)[C@]1(OC(C)=O)CO[C@@H]1C[C@@H]2O. The van der Waals surface area contributed by atoms with Gasteiger partial charge in [0, 0.05) is 43.2 Å². The van der Waals surface area contributed by atoms with Crippen LogP contribution >= 0.6 is 0 Å². The van der Waals surface area contributed by atoms with Crippen molar-refractivity contribution in [3.63, 3.8) is 0 Å². The molecule has 6 aromatic rings. The van der Waals surface area contributed by atoms with Crippen LogP contribution in [0.2, 0.25) is 0 Å². The van der Waals surface area contributed by atoms with Crippen LogP contribution in [0.15, 0.2) is 157 Å². The van der Waals surface area contributed by atoms with E-state index in [-0.39, 0.29) is 52.0 Å². The summed E-state index contributed by atoms with van der Waals surface area (Å²) < 4.78 is 38.7. The highest BCUT2D eigenvalue weighted by Crippen LogP contribution is 2.64. The summed E-state index contributed by atoms with van der Waals surface area (Å²) in [5.74, 6) is -9.39. The number of aromatic carboxylic acids is 1. The Labute approximate surface area is 481 Å². The largest absolute Gasteiger partial charge is 0.478 e. The third-order valence-electron chi connectivity index (χ3n) is 17.0. The van der Waals surface area contributed by atoms with Gasteiger partial charge in [0.15, 0.2) is 17.5 Å². The Morgan fingerprint density at radius 3 is 1.92 bits per heavy atom. The summed E-state index contributed by atoms with van der Waals surface area (Å²) in [6.07, 6.45) is -9.56. The summed E-state index contributed by atoms with van der Waals surface area (Å²) in [5.41, 5.74) is -6.33.